The van der Waals surface area contributed by atoms with Crippen LogP contribution in [-0.2, 0) is 9.59 Å². The van der Waals surface area contributed by atoms with Crippen molar-refractivity contribution >= 4 is 23.2 Å². The number of fused-ring (bicyclic) bond motifs is 1. The highest BCUT2D eigenvalue weighted by Crippen LogP contribution is 2.33. The third-order valence-electron chi connectivity index (χ3n) is 3.47. The molecule has 0 bridgehead atoms. The molecule has 2 amide bonds. The van der Waals surface area contributed by atoms with Crippen molar-refractivity contribution < 1.29 is 14.3 Å². The number of anilines is 1. The second-order valence-corrected chi connectivity index (χ2v) is 5.01. The van der Waals surface area contributed by atoms with Crippen LogP contribution in [0.25, 0.3) is 0 Å². The van der Waals surface area contributed by atoms with E-state index in [9.17, 15) is 9.59 Å². The van der Waals surface area contributed by atoms with E-state index in [1.165, 1.54) is 0 Å². The molecule has 3 rings (SSSR count). The molecule has 0 aliphatic carbocycles. The average Bonchev–Trinajstić information content (AvgIpc) is 2.41. The van der Waals surface area contributed by atoms with Crippen LogP contribution in [-0.4, -0.2) is 23.6 Å². The number of hydrazone groups is 1. The largest absolute Gasteiger partial charge is 0.479 e. The number of benzene rings is 1. The van der Waals surface area contributed by atoms with Crippen molar-refractivity contribution in [1.82, 2.24) is 5.43 Å². The standard InChI is InChI=1S/C14H15N3O3/c1-7-5-12-11(15-14(19)8(2)20-12)6-9(7)10-3-4-13(18)17-16-10/h5-6,8H,3-4H2,1-2H3,(H,15,19)(H,17,18). The Morgan fingerprint density at radius 2 is 2.10 bits per heavy atom. The van der Waals surface area contributed by atoms with E-state index in [0.29, 0.717) is 24.3 Å². The summed E-state index contributed by atoms with van der Waals surface area (Å²) in [5.74, 6) is 0.430. The predicted octanol–water partition coefficient (Wildman–Crippen LogP) is 1.33. The van der Waals surface area contributed by atoms with E-state index in [0.717, 1.165) is 16.8 Å². The first kappa shape index (κ1) is 12.7. The Morgan fingerprint density at radius 3 is 2.80 bits per heavy atom. The topological polar surface area (TPSA) is 79.8 Å². The fourth-order valence-corrected chi connectivity index (χ4v) is 2.33. The van der Waals surface area contributed by atoms with Gasteiger partial charge in [-0.2, -0.15) is 5.10 Å². The van der Waals surface area contributed by atoms with Crippen LogP contribution >= 0.6 is 0 Å². The highest BCUT2D eigenvalue weighted by molar-refractivity contribution is 6.07. The van der Waals surface area contributed by atoms with Gasteiger partial charge in [-0.1, -0.05) is 0 Å². The van der Waals surface area contributed by atoms with E-state index in [4.69, 9.17) is 4.74 Å². The van der Waals surface area contributed by atoms with Crippen LogP contribution in [0.1, 0.15) is 30.9 Å². The van der Waals surface area contributed by atoms with Gasteiger partial charge in [0, 0.05) is 18.4 Å². The normalized spacial score (nSPS) is 21.3. The molecular weight excluding hydrogens is 258 g/mol. The van der Waals surface area contributed by atoms with Gasteiger partial charge in [0.2, 0.25) is 5.91 Å². The third kappa shape index (κ3) is 2.13. The second kappa shape index (κ2) is 4.63. The number of ether oxygens (including phenoxy) is 1. The monoisotopic (exact) mass is 273 g/mol. The van der Waals surface area contributed by atoms with E-state index in [-0.39, 0.29) is 11.8 Å². The third-order valence-corrected chi connectivity index (χ3v) is 3.47. The van der Waals surface area contributed by atoms with Gasteiger partial charge in [-0.05, 0) is 31.5 Å². The van der Waals surface area contributed by atoms with Crippen molar-refractivity contribution in [1.29, 1.82) is 0 Å². The lowest BCUT2D eigenvalue weighted by molar-refractivity contribution is -0.123. The van der Waals surface area contributed by atoms with Crippen molar-refractivity contribution in [2.24, 2.45) is 5.10 Å². The fraction of sp³-hybridized carbons (Fsp3) is 0.357. The number of hydrogen-bond acceptors (Lipinski definition) is 4. The minimum Gasteiger partial charge on any atom is -0.479 e. The lowest BCUT2D eigenvalue weighted by Crippen LogP contribution is -2.34. The summed E-state index contributed by atoms with van der Waals surface area (Å²) in [6.07, 6.45) is 0.533. The lowest BCUT2D eigenvalue weighted by Gasteiger charge is -2.25. The molecule has 0 radical (unpaired) electrons. The Labute approximate surface area is 116 Å². The lowest BCUT2D eigenvalue weighted by atomic mass is 9.98. The first-order valence-corrected chi connectivity index (χ1v) is 6.52. The first-order chi connectivity index (χ1) is 9.54. The molecule has 0 saturated heterocycles. The smallest absolute Gasteiger partial charge is 0.265 e. The molecule has 1 unspecified atom stereocenters. The summed E-state index contributed by atoms with van der Waals surface area (Å²) >= 11 is 0. The van der Waals surface area contributed by atoms with Crippen molar-refractivity contribution in [3.05, 3.63) is 23.3 Å². The van der Waals surface area contributed by atoms with E-state index in [1.54, 1.807) is 6.92 Å². The van der Waals surface area contributed by atoms with Gasteiger partial charge in [-0.25, -0.2) is 5.43 Å². The Balaban J connectivity index is 2.00. The minimum atomic E-state index is -0.487. The Morgan fingerprint density at radius 1 is 1.30 bits per heavy atom. The van der Waals surface area contributed by atoms with Crippen LogP contribution in [0.2, 0.25) is 0 Å². The summed E-state index contributed by atoms with van der Waals surface area (Å²) in [5.41, 5.74) is 5.87. The van der Waals surface area contributed by atoms with Gasteiger partial charge in [0.25, 0.3) is 5.91 Å². The molecule has 6 heteroatoms. The van der Waals surface area contributed by atoms with Gasteiger partial charge in [0.1, 0.15) is 5.75 Å². The molecule has 104 valence electrons. The minimum absolute atomic E-state index is 0.0742. The molecule has 1 aromatic carbocycles. The van der Waals surface area contributed by atoms with Crippen LogP contribution in [0.4, 0.5) is 5.69 Å². The van der Waals surface area contributed by atoms with E-state index >= 15 is 0 Å². The molecule has 2 aliphatic heterocycles. The van der Waals surface area contributed by atoms with E-state index in [1.807, 2.05) is 19.1 Å². The van der Waals surface area contributed by atoms with Gasteiger partial charge in [0.15, 0.2) is 6.10 Å². The van der Waals surface area contributed by atoms with Crippen LogP contribution in [0.15, 0.2) is 17.2 Å². The quantitative estimate of drug-likeness (QED) is 0.810. The van der Waals surface area contributed by atoms with Crippen LogP contribution in [0.3, 0.4) is 0 Å². The number of amides is 2. The number of nitrogens with zero attached hydrogens (tertiary/aromatic N) is 1. The molecule has 0 saturated carbocycles. The van der Waals surface area contributed by atoms with Crippen molar-refractivity contribution in [3.63, 3.8) is 0 Å². The molecule has 2 N–H and O–H groups in total. The maximum atomic E-state index is 11.6. The second-order valence-electron chi connectivity index (χ2n) is 5.01. The molecule has 0 aromatic heterocycles. The van der Waals surface area contributed by atoms with Gasteiger partial charge in [0.05, 0.1) is 11.4 Å². The van der Waals surface area contributed by atoms with Gasteiger partial charge >= 0.3 is 0 Å². The number of nitrogens with one attached hydrogen (secondary N) is 2. The Hall–Kier alpha value is -2.37. The highest BCUT2D eigenvalue weighted by atomic mass is 16.5. The molecule has 0 spiro atoms. The highest BCUT2D eigenvalue weighted by Gasteiger charge is 2.25. The number of carbonyl (C=O) groups is 2. The summed E-state index contributed by atoms with van der Waals surface area (Å²) in [5, 5.41) is 6.91. The van der Waals surface area contributed by atoms with Crippen LogP contribution in [0.5, 0.6) is 5.75 Å². The summed E-state index contributed by atoms with van der Waals surface area (Å²) in [6, 6.07) is 3.74. The number of aryl methyl sites for hydroxylation is 1. The average molecular weight is 273 g/mol. The number of rotatable bonds is 1. The molecular formula is C14H15N3O3. The van der Waals surface area contributed by atoms with E-state index < -0.39 is 6.10 Å². The predicted molar refractivity (Wildman–Crippen MR) is 73.8 cm³/mol. The SMILES string of the molecule is Cc1cc2c(cc1C1=NNC(=O)CC1)NC(=O)C(C)O2. The maximum Gasteiger partial charge on any atom is 0.265 e. The molecule has 2 aliphatic rings. The zero-order valence-corrected chi connectivity index (χ0v) is 11.3. The maximum absolute atomic E-state index is 11.6. The molecule has 2 heterocycles. The van der Waals surface area contributed by atoms with Crippen LogP contribution < -0.4 is 15.5 Å². The molecule has 6 nitrogen and oxygen atoms in total. The zero-order valence-electron chi connectivity index (χ0n) is 11.3. The number of carbonyl (C=O) groups excluding carboxylic acids is 2. The summed E-state index contributed by atoms with van der Waals surface area (Å²) < 4.78 is 5.56. The molecule has 20 heavy (non-hydrogen) atoms. The molecule has 0 fully saturated rings. The van der Waals surface area contributed by atoms with Gasteiger partial charge in [-0.15, -0.1) is 0 Å². The molecule has 1 atom stereocenters. The Bertz CT molecular complexity index is 637. The summed E-state index contributed by atoms with van der Waals surface area (Å²) in [7, 11) is 0. The van der Waals surface area contributed by atoms with Crippen molar-refractivity contribution in [2.45, 2.75) is 32.8 Å². The van der Waals surface area contributed by atoms with E-state index in [2.05, 4.69) is 15.8 Å². The molecule has 1 aromatic rings. The van der Waals surface area contributed by atoms with Gasteiger partial charge in [-0.3, -0.25) is 9.59 Å². The van der Waals surface area contributed by atoms with Crippen molar-refractivity contribution in [2.75, 3.05) is 5.32 Å². The Kier molecular flexibility index (Phi) is 2.93. The zero-order chi connectivity index (χ0) is 14.3. The van der Waals surface area contributed by atoms with Crippen molar-refractivity contribution in [3.8, 4) is 5.75 Å². The summed E-state index contributed by atoms with van der Waals surface area (Å²) in [4.78, 5) is 22.8. The first-order valence-electron chi connectivity index (χ1n) is 6.52. The number of hydrogen-bond donors (Lipinski definition) is 2. The van der Waals surface area contributed by atoms with Gasteiger partial charge < -0.3 is 10.1 Å². The fourth-order valence-electron chi connectivity index (χ4n) is 2.33. The summed E-state index contributed by atoms with van der Waals surface area (Å²) in [6.45, 7) is 3.67. The van der Waals surface area contributed by atoms with Crippen LogP contribution in [0, 0.1) is 6.92 Å².